The number of hydrogen-bond acceptors (Lipinski definition) is 6. The van der Waals surface area contributed by atoms with E-state index in [1.807, 2.05) is 20.8 Å². The molecule has 3 atom stereocenters. The number of aromatic carboxylic acids is 1. The minimum absolute atomic E-state index is 0.0405. The molecule has 0 spiro atoms. The van der Waals surface area contributed by atoms with Crippen LogP contribution in [0.15, 0.2) is 48.5 Å². The van der Waals surface area contributed by atoms with Gasteiger partial charge >= 0.3 is 5.97 Å². The first-order valence-electron chi connectivity index (χ1n) is 13.1. The average Bonchev–Trinajstić information content (AvgIpc) is 2.89. The molecule has 0 aliphatic heterocycles. The number of carboxylic acid groups (broad SMARTS) is 1. The van der Waals surface area contributed by atoms with Gasteiger partial charge in [0.1, 0.15) is 17.9 Å². The molecule has 0 fully saturated rings. The standard InChI is InChI=1S/C28H39N5O6S/c1-5-18(4)24(33-40(38,39)16-20-7-6-8-22(14-20)28(36)37)27(35)32-23(13-17(2)3)26(34)31-15-19-9-11-21(12-10-19)25(29)30/h6-12,14,17-18,23-24,33H,5,13,15-16H2,1-4H3,(H3,29,30)(H,31,34)(H,32,35)(H,36,37)/t18?,23-,24+/m0/s1. The lowest BCUT2D eigenvalue weighted by atomic mass is 9.97. The van der Waals surface area contributed by atoms with Crippen LogP contribution in [-0.2, 0) is 31.9 Å². The fourth-order valence-electron chi connectivity index (χ4n) is 3.99. The van der Waals surface area contributed by atoms with E-state index in [0.29, 0.717) is 18.4 Å². The van der Waals surface area contributed by atoms with Gasteiger partial charge < -0.3 is 21.5 Å². The Morgan fingerprint density at radius 2 is 1.62 bits per heavy atom. The van der Waals surface area contributed by atoms with E-state index in [-0.39, 0.29) is 35.3 Å². The number of amidine groups is 1. The van der Waals surface area contributed by atoms with Crippen molar-refractivity contribution < 1.29 is 27.9 Å². The number of carboxylic acids is 1. The van der Waals surface area contributed by atoms with Crippen LogP contribution in [-0.4, -0.2) is 49.2 Å². The molecular weight excluding hydrogens is 534 g/mol. The van der Waals surface area contributed by atoms with Gasteiger partial charge in [-0.05, 0) is 41.5 Å². The number of sulfonamides is 1. The molecule has 0 aromatic heterocycles. The summed E-state index contributed by atoms with van der Waals surface area (Å²) in [6, 6.07) is 10.4. The van der Waals surface area contributed by atoms with Crippen LogP contribution in [0.1, 0.15) is 67.6 Å². The summed E-state index contributed by atoms with van der Waals surface area (Å²) in [5.74, 6) is -3.10. The fourth-order valence-corrected chi connectivity index (χ4v) is 5.42. The number of nitrogens with one attached hydrogen (secondary N) is 4. The fraction of sp³-hybridized carbons (Fsp3) is 0.429. The van der Waals surface area contributed by atoms with E-state index >= 15 is 0 Å². The molecular formula is C28H39N5O6S. The van der Waals surface area contributed by atoms with Gasteiger partial charge in [-0.3, -0.25) is 15.0 Å². The third-order valence-corrected chi connectivity index (χ3v) is 7.73. The number of carbonyl (C=O) groups is 3. The molecule has 2 aromatic rings. The van der Waals surface area contributed by atoms with Crippen LogP contribution in [0.2, 0.25) is 0 Å². The first-order valence-corrected chi connectivity index (χ1v) is 14.7. The van der Waals surface area contributed by atoms with Gasteiger partial charge in [-0.25, -0.2) is 17.9 Å². The van der Waals surface area contributed by atoms with E-state index in [1.54, 1.807) is 31.2 Å². The Morgan fingerprint density at radius 1 is 0.975 bits per heavy atom. The zero-order chi connectivity index (χ0) is 30.0. The van der Waals surface area contributed by atoms with E-state index in [1.165, 1.54) is 24.3 Å². The van der Waals surface area contributed by atoms with Crippen LogP contribution in [0.25, 0.3) is 0 Å². The summed E-state index contributed by atoms with van der Waals surface area (Å²) in [7, 11) is -4.04. The van der Waals surface area contributed by atoms with E-state index in [9.17, 15) is 27.9 Å². The first kappa shape index (κ1) is 32.4. The Balaban J connectivity index is 2.15. The number of benzene rings is 2. The van der Waals surface area contributed by atoms with E-state index in [2.05, 4.69) is 15.4 Å². The minimum atomic E-state index is -4.04. The molecule has 0 aliphatic rings. The second-order valence-electron chi connectivity index (χ2n) is 10.3. The van der Waals surface area contributed by atoms with Crippen LogP contribution < -0.4 is 21.1 Å². The molecule has 218 valence electrons. The molecule has 40 heavy (non-hydrogen) atoms. The van der Waals surface area contributed by atoms with Crippen molar-refractivity contribution in [1.82, 2.24) is 15.4 Å². The highest BCUT2D eigenvalue weighted by Crippen LogP contribution is 2.15. The topological polar surface area (TPSA) is 192 Å². The highest BCUT2D eigenvalue weighted by molar-refractivity contribution is 7.88. The van der Waals surface area contributed by atoms with Crippen LogP contribution >= 0.6 is 0 Å². The van der Waals surface area contributed by atoms with Gasteiger partial charge in [-0.1, -0.05) is 70.5 Å². The lowest BCUT2D eigenvalue weighted by Gasteiger charge is -2.27. The monoisotopic (exact) mass is 573 g/mol. The Morgan fingerprint density at radius 3 is 2.17 bits per heavy atom. The molecule has 0 saturated heterocycles. The zero-order valence-electron chi connectivity index (χ0n) is 23.2. The van der Waals surface area contributed by atoms with Gasteiger partial charge in [0.25, 0.3) is 0 Å². The zero-order valence-corrected chi connectivity index (χ0v) is 24.0. The van der Waals surface area contributed by atoms with Gasteiger partial charge in [-0.15, -0.1) is 0 Å². The highest BCUT2D eigenvalue weighted by Gasteiger charge is 2.32. The Bertz CT molecular complexity index is 1310. The molecule has 7 N–H and O–H groups in total. The van der Waals surface area contributed by atoms with Crippen molar-refractivity contribution in [3.8, 4) is 0 Å². The second kappa shape index (κ2) is 14.6. The molecule has 0 bridgehead atoms. The number of nitrogens with two attached hydrogens (primary N) is 1. The summed E-state index contributed by atoms with van der Waals surface area (Å²) >= 11 is 0. The van der Waals surface area contributed by atoms with Gasteiger partial charge in [0.05, 0.1) is 11.3 Å². The van der Waals surface area contributed by atoms with Crippen molar-refractivity contribution in [2.24, 2.45) is 17.6 Å². The van der Waals surface area contributed by atoms with E-state index in [4.69, 9.17) is 11.1 Å². The molecule has 1 unspecified atom stereocenters. The number of hydrogen-bond donors (Lipinski definition) is 6. The molecule has 12 heteroatoms. The summed E-state index contributed by atoms with van der Waals surface area (Å²) in [4.78, 5) is 37.7. The molecule has 0 saturated carbocycles. The summed E-state index contributed by atoms with van der Waals surface area (Å²) in [5, 5.41) is 22.2. The Hall–Kier alpha value is -3.77. The Labute approximate surface area is 235 Å². The summed E-state index contributed by atoms with van der Waals surface area (Å²) in [6.45, 7) is 7.57. The first-order chi connectivity index (χ1) is 18.7. The third-order valence-electron chi connectivity index (χ3n) is 6.40. The number of rotatable bonds is 15. The summed E-state index contributed by atoms with van der Waals surface area (Å²) < 4.78 is 28.5. The molecule has 2 amide bonds. The van der Waals surface area contributed by atoms with Crippen molar-refractivity contribution in [2.75, 3.05) is 0 Å². The number of amides is 2. The Kier molecular flexibility index (Phi) is 11.8. The average molecular weight is 574 g/mol. The molecule has 0 heterocycles. The van der Waals surface area contributed by atoms with Crippen molar-refractivity contribution in [3.05, 3.63) is 70.8 Å². The largest absolute Gasteiger partial charge is 0.478 e. The quantitative estimate of drug-likeness (QED) is 0.139. The van der Waals surface area contributed by atoms with Gasteiger partial charge in [-0.2, -0.15) is 0 Å². The number of carbonyl (C=O) groups excluding carboxylic acids is 2. The van der Waals surface area contributed by atoms with Crippen LogP contribution in [0, 0.1) is 17.2 Å². The summed E-state index contributed by atoms with van der Waals surface area (Å²) in [5.41, 5.74) is 7.05. The summed E-state index contributed by atoms with van der Waals surface area (Å²) in [6.07, 6.45) is 0.829. The second-order valence-corrected chi connectivity index (χ2v) is 12.0. The molecule has 11 nitrogen and oxygen atoms in total. The molecule has 2 aromatic carbocycles. The predicted octanol–water partition coefficient (Wildman–Crippen LogP) is 2.35. The van der Waals surface area contributed by atoms with Gasteiger partial charge in [0, 0.05) is 12.1 Å². The SMILES string of the molecule is CCC(C)[C@@H](NS(=O)(=O)Cc1cccc(C(=O)O)c1)C(=O)N[C@@H](CC(C)C)C(=O)NCc1ccc(C(=N)N)cc1. The normalized spacial score (nSPS) is 13.7. The van der Waals surface area contributed by atoms with E-state index < -0.39 is 45.6 Å². The van der Waals surface area contributed by atoms with Crippen LogP contribution in [0.4, 0.5) is 0 Å². The van der Waals surface area contributed by atoms with Crippen molar-refractivity contribution >= 4 is 33.6 Å². The maximum absolute atomic E-state index is 13.4. The minimum Gasteiger partial charge on any atom is -0.478 e. The van der Waals surface area contributed by atoms with Crippen molar-refractivity contribution in [2.45, 2.75) is 64.9 Å². The smallest absolute Gasteiger partial charge is 0.335 e. The molecule has 0 aliphatic carbocycles. The maximum Gasteiger partial charge on any atom is 0.335 e. The van der Waals surface area contributed by atoms with Crippen molar-refractivity contribution in [1.29, 1.82) is 5.41 Å². The predicted molar refractivity (Wildman–Crippen MR) is 153 cm³/mol. The lowest BCUT2D eigenvalue weighted by Crippen LogP contribution is -2.55. The highest BCUT2D eigenvalue weighted by atomic mass is 32.2. The van der Waals surface area contributed by atoms with Crippen LogP contribution in [0.3, 0.4) is 0 Å². The lowest BCUT2D eigenvalue weighted by molar-refractivity contribution is -0.130. The van der Waals surface area contributed by atoms with Gasteiger partial charge in [0.2, 0.25) is 21.8 Å². The van der Waals surface area contributed by atoms with Crippen LogP contribution in [0.5, 0.6) is 0 Å². The van der Waals surface area contributed by atoms with Gasteiger partial charge in [0.15, 0.2) is 0 Å². The third kappa shape index (κ3) is 10.1. The van der Waals surface area contributed by atoms with E-state index in [0.717, 1.165) is 5.56 Å². The molecule has 2 rings (SSSR count). The molecule has 0 radical (unpaired) electrons. The van der Waals surface area contributed by atoms with Crippen molar-refractivity contribution in [3.63, 3.8) is 0 Å². The maximum atomic E-state index is 13.4. The number of nitrogen functional groups attached to an aromatic ring is 1.